The number of fused-ring (bicyclic) bond motifs is 1. The molecule has 24 heavy (non-hydrogen) atoms. The first-order chi connectivity index (χ1) is 11.2. The van der Waals surface area contributed by atoms with E-state index >= 15 is 0 Å². The molecule has 0 saturated carbocycles. The number of rotatable bonds is 2. The van der Waals surface area contributed by atoms with Crippen LogP contribution in [0.2, 0.25) is 0 Å². The first-order valence-corrected chi connectivity index (χ1v) is 8.45. The molecule has 0 fully saturated rings. The van der Waals surface area contributed by atoms with Gasteiger partial charge in [-0.05, 0) is 30.7 Å². The van der Waals surface area contributed by atoms with Crippen LogP contribution in [0.4, 0.5) is 18.9 Å². The van der Waals surface area contributed by atoms with Crippen molar-refractivity contribution in [1.82, 2.24) is 0 Å². The molecule has 0 atom stereocenters. The monoisotopic (exact) mass is 354 g/mol. The molecule has 0 unspecified atom stereocenters. The van der Waals surface area contributed by atoms with Crippen LogP contribution < -0.4 is 4.90 Å². The lowest BCUT2D eigenvalue weighted by Crippen LogP contribution is -2.27. The Hall–Kier alpha value is -2.35. The highest BCUT2D eigenvalue weighted by Gasteiger charge is 2.34. The highest BCUT2D eigenvalue weighted by Crippen LogP contribution is 2.37. The molecule has 1 aliphatic heterocycles. The van der Waals surface area contributed by atoms with E-state index in [0.717, 1.165) is 35.7 Å². The Morgan fingerprint density at radius 2 is 1.75 bits per heavy atom. The van der Waals surface area contributed by atoms with Crippen molar-refractivity contribution in [2.75, 3.05) is 4.90 Å². The number of aryl methyl sites for hydroxylation is 1. The fraction of sp³-hybridized carbons (Fsp3) is 0.188. The van der Waals surface area contributed by atoms with Crippen molar-refractivity contribution in [2.24, 2.45) is 4.40 Å². The van der Waals surface area contributed by atoms with Gasteiger partial charge in [0, 0.05) is 6.54 Å². The first-order valence-electron chi connectivity index (χ1n) is 7.01. The van der Waals surface area contributed by atoms with Crippen molar-refractivity contribution in [3.05, 3.63) is 59.2 Å². The van der Waals surface area contributed by atoms with E-state index in [0.29, 0.717) is 0 Å². The van der Waals surface area contributed by atoms with Gasteiger partial charge >= 0.3 is 6.18 Å². The maximum atomic E-state index is 12.9. The molecule has 0 aromatic heterocycles. The molecule has 0 N–H and O–H groups in total. The molecule has 3 rings (SSSR count). The van der Waals surface area contributed by atoms with Gasteiger partial charge in [-0.3, -0.25) is 0 Å². The minimum Gasteiger partial charge on any atom is -0.326 e. The summed E-state index contributed by atoms with van der Waals surface area (Å²) in [5.41, 5.74) is 0.948. The van der Waals surface area contributed by atoms with E-state index in [4.69, 9.17) is 0 Å². The van der Waals surface area contributed by atoms with Gasteiger partial charge in [-0.15, -0.1) is 4.40 Å². The maximum absolute atomic E-state index is 12.9. The predicted molar refractivity (Wildman–Crippen MR) is 84.5 cm³/mol. The van der Waals surface area contributed by atoms with Crippen molar-refractivity contribution in [3.8, 4) is 0 Å². The molecule has 126 valence electrons. The largest absolute Gasteiger partial charge is 0.416 e. The Morgan fingerprint density at radius 1 is 1.08 bits per heavy atom. The number of sulfonamides is 1. The Labute approximate surface area is 137 Å². The molecule has 0 saturated heterocycles. The lowest BCUT2D eigenvalue weighted by Gasteiger charge is -2.26. The number of anilines is 1. The average molecular weight is 354 g/mol. The number of nitrogens with zero attached hydrogens (tertiary/aromatic N) is 2. The van der Waals surface area contributed by atoms with Gasteiger partial charge in [-0.2, -0.15) is 21.6 Å². The van der Waals surface area contributed by atoms with Crippen LogP contribution in [-0.4, -0.2) is 14.8 Å². The van der Waals surface area contributed by atoms with E-state index < -0.39 is 21.8 Å². The van der Waals surface area contributed by atoms with E-state index in [9.17, 15) is 21.6 Å². The molecule has 1 heterocycles. The summed E-state index contributed by atoms with van der Waals surface area (Å²) in [7, 11) is -3.98. The second-order valence-electron chi connectivity index (χ2n) is 5.49. The van der Waals surface area contributed by atoms with Gasteiger partial charge in [0.1, 0.15) is 11.2 Å². The molecule has 0 bridgehead atoms. The van der Waals surface area contributed by atoms with Crippen LogP contribution in [-0.2, 0) is 22.7 Å². The number of benzene rings is 2. The van der Waals surface area contributed by atoms with E-state index in [1.165, 1.54) is 4.90 Å². The van der Waals surface area contributed by atoms with E-state index in [-0.39, 0.29) is 17.1 Å². The summed E-state index contributed by atoms with van der Waals surface area (Å²) in [5, 5.41) is 0. The summed E-state index contributed by atoms with van der Waals surface area (Å²) in [6.07, 6.45) is -3.50. The van der Waals surface area contributed by atoms with Crippen molar-refractivity contribution in [2.45, 2.75) is 24.5 Å². The average Bonchev–Trinajstić information content (AvgIpc) is 2.51. The smallest absolute Gasteiger partial charge is 0.326 e. The second-order valence-corrected chi connectivity index (χ2v) is 7.09. The van der Waals surface area contributed by atoms with Crippen molar-refractivity contribution < 1.29 is 21.6 Å². The molecule has 1 aliphatic rings. The highest BCUT2D eigenvalue weighted by molar-refractivity contribution is 7.90. The van der Waals surface area contributed by atoms with Crippen LogP contribution in [0.1, 0.15) is 16.7 Å². The lowest BCUT2D eigenvalue weighted by molar-refractivity contribution is -0.137. The van der Waals surface area contributed by atoms with Gasteiger partial charge in [0.2, 0.25) is 0 Å². The molecular formula is C16H13F3N2O2S. The number of hydrogen-bond donors (Lipinski definition) is 0. The van der Waals surface area contributed by atoms with Crippen LogP contribution in [0, 0.1) is 6.92 Å². The first kappa shape index (κ1) is 16.5. The van der Waals surface area contributed by atoms with E-state index in [2.05, 4.69) is 4.40 Å². The highest BCUT2D eigenvalue weighted by atomic mass is 32.2. The molecular weight excluding hydrogens is 341 g/mol. The summed E-state index contributed by atoms with van der Waals surface area (Å²) >= 11 is 0. The Kier molecular flexibility index (Phi) is 3.87. The molecule has 2 aromatic rings. The topological polar surface area (TPSA) is 49.7 Å². The molecule has 0 aliphatic carbocycles. The third-order valence-electron chi connectivity index (χ3n) is 3.67. The van der Waals surface area contributed by atoms with Gasteiger partial charge in [-0.25, -0.2) is 0 Å². The van der Waals surface area contributed by atoms with Crippen LogP contribution in [0.25, 0.3) is 0 Å². The number of hydrogen-bond acceptors (Lipinski definition) is 3. The molecule has 0 spiro atoms. The van der Waals surface area contributed by atoms with E-state index in [1.54, 1.807) is 0 Å². The molecule has 2 aromatic carbocycles. The van der Waals surface area contributed by atoms with Gasteiger partial charge in [0.15, 0.2) is 0 Å². The SMILES string of the molecule is Cc1ccc(CN2C=NS(=O)(=O)c3ccc(C(F)(F)F)cc32)cc1. The van der Waals surface area contributed by atoms with Crippen LogP contribution in [0.15, 0.2) is 51.8 Å². The summed E-state index contributed by atoms with van der Waals surface area (Å²) < 4.78 is 66.3. The fourth-order valence-corrected chi connectivity index (χ4v) is 3.42. The number of halogens is 3. The van der Waals surface area contributed by atoms with Crippen LogP contribution >= 0.6 is 0 Å². The van der Waals surface area contributed by atoms with Crippen molar-refractivity contribution in [1.29, 1.82) is 0 Å². The third-order valence-corrected chi connectivity index (χ3v) is 4.95. The lowest BCUT2D eigenvalue weighted by atomic mass is 10.1. The molecule has 8 heteroatoms. The normalized spacial score (nSPS) is 16.1. The Balaban J connectivity index is 2.05. The van der Waals surface area contributed by atoms with Gasteiger partial charge in [-0.1, -0.05) is 29.8 Å². The molecule has 0 amide bonds. The molecule has 4 nitrogen and oxygen atoms in total. The van der Waals surface area contributed by atoms with Crippen LogP contribution in [0.3, 0.4) is 0 Å². The van der Waals surface area contributed by atoms with Crippen molar-refractivity contribution in [3.63, 3.8) is 0 Å². The van der Waals surface area contributed by atoms with Gasteiger partial charge < -0.3 is 4.90 Å². The summed E-state index contributed by atoms with van der Waals surface area (Å²) in [6.45, 7) is 2.14. The van der Waals surface area contributed by atoms with Crippen LogP contribution in [0.5, 0.6) is 0 Å². The molecule has 0 radical (unpaired) electrons. The third kappa shape index (κ3) is 3.14. The van der Waals surface area contributed by atoms with Gasteiger partial charge in [0.25, 0.3) is 10.0 Å². The minimum absolute atomic E-state index is 0.0274. The predicted octanol–water partition coefficient (Wildman–Crippen LogP) is 3.75. The van der Waals surface area contributed by atoms with E-state index in [1.807, 2.05) is 31.2 Å². The zero-order valence-corrected chi connectivity index (χ0v) is 13.4. The Morgan fingerprint density at radius 3 is 2.38 bits per heavy atom. The maximum Gasteiger partial charge on any atom is 0.416 e. The number of alkyl halides is 3. The minimum atomic E-state index is -4.55. The quantitative estimate of drug-likeness (QED) is 0.825. The summed E-state index contributed by atoms with van der Waals surface area (Å²) in [5.74, 6) is 0. The zero-order valence-electron chi connectivity index (χ0n) is 12.6. The Bertz CT molecular complexity index is 904. The second kappa shape index (κ2) is 5.62. The summed E-state index contributed by atoms with van der Waals surface area (Å²) in [6, 6.07) is 9.96. The summed E-state index contributed by atoms with van der Waals surface area (Å²) in [4.78, 5) is 1.17. The fourth-order valence-electron chi connectivity index (χ4n) is 2.39. The van der Waals surface area contributed by atoms with Gasteiger partial charge in [0.05, 0.1) is 11.3 Å². The zero-order chi connectivity index (χ0) is 17.5. The van der Waals surface area contributed by atoms with Crippen molar-refractivity contribution >= 4 is 22.0 Å². The standard InChI is InChI=1S/C16H13F3N2O2S/c1-11-2-4-12(5-3-11)9-21-10-20-24(22,23)15-7-6-13(8-14(15)21)16(17,18)19/h2-8,10H,9H2,1H3.